The van der Waals surface area contributed by atoms with Crippen LogP contribution in [0, 0.1) is 0 Å². The van der Waals surface area contributed by atoms with Crippen LogP contribution >= 0.6 is 0 Å². The topological polar surface area (TPSA) is 85.4 Å². The van der Waals surface area contributed by atoms with E-state index in [-0.39, 0.29) is 11.6 Å². The van der Waals surface area contributed by atoms with Crippen LogP contribution in [0.5, 0.6) is 11.5 Å². The van der Waals surface area contributed by atoms with Crippen LogP contribution in [-0.2, 0) is 6.54 Å². The molecule has 0 aliphatic carbocycles. The molecular formula is C20H20N4O3. The Bertz CT molecular complexity index is 899. The van der Waals surface area contributed by atoms with Crippen molar-refractivity contribution in [1.82, 2.24) is 10.2 Å². The highest BCUT2D eigenvalue weighted by molar-refractivity contribution is 6.03. The number of anilines is 2. The molecule has 2 aromatic carbocycles. The zero-order valence-corrected chi connectivity index (χ0v) is 15.1. The third kappa shape index (κ3) is 4.72. The summed E-state index contributed by atoms with van der Waals surface area (Å²) in [6, 6.07) is 18.4. The van der Waals surface area contributed by atoms with Crippen LogP contribution < -0.4 is 20.1 Å². The summed E-state index contributed by atoms with van der Waals surface area (Å²) >= 11 is 0. The minimum atomic E-state index is -0.374. The minimum absolute atomic E-state index is 0.207. The molecule has 1 heterocycles. The first-order valence-electron chi connectivity index (χ1n) is 8.34. The number of amides is 1. The van der Waals surface area contributed by atoms with Crippen LogP contribution in [0.3, 0.4) is 0 Å². The summed E-state index contributed by atoms with van der Waals surface area (Å²) in [5, 5.41) is 14.0. The van der Waals surface area contributed by atoms with Gasteiger partial charge in [-0.1, -0.05) is 30.3 Å². The molecule has 3 rings (SSSR count). The number of carbonyl (C=O) groups excluding carboxylic acids is 1. The van der Waals surface area contributed by atoms with Gasteiger partial charge in [-0.25, -0.2) is 0 Å². The average molecular weight is 364 g/mol. The zero-order valence-electron chi connectivity index (χ0n) is 15.1. The van der Waals surface area contributed by atoms with E-state index in [0.29, 0.717) is 29.5 Å². The lowest BCUT2D eigenvalue weighted by molar-refractivity contribution is 0.102. The second kappa shape index (κ2) is 8.66. The predicted molar refractivity (Wildman–Crippen MR) is 103 cm³/mol. The molecule has 138 valence electrons. The molecule has 0 aliphatic rings. The number of aromatic nitrogens is 2. The van der Waals surface area contributed by atoms with Gasteiger partial charge in [-0.15, -0.1) is 10.2 Å². The smallest absolute Gasteiger partial charge is 0.276 e. The third-order valence-corrected chi connectivity index (χ3v) is 3.87. The highest BCUT2D eigenvalue weighted by Crippen LogP contribution is 2.29. The lowest BCUT2D eigenvalue weighted by Crippen LogP contribution is -2.15. The van der Waals surface area contributed by atoms with Gasteiger partial charge in [-0.3, -0.25) is 4.79 Å². The molecule has 7 nitrogen and oxygen atoms in total. The van der Waals surface area contributed by atoms with E-state index in [1.807, 2.05) is 30.3 Å². The van der Waals surface area contributed by atoms with Crippen molar-refractivity contribution in [2.75, 3.05) is 24.9 Å². The number of nitrogens with zero attached hydrogens (tertiary/aromatic N) is 2. The maximum absolute atomic E-state index is 12.4. The van der Waals surface area contributed by atoms with E-state index in [1.54, 1.807) is 37.4 Å². The molecule has 27 heavy (non-hydrogen) atoms. The van der Waals surface area contributed by atoms with E-state index in [1.165, 1.54) is 7.11 Å². The van der Waals surface area contributed by atoms with Gasteiger partial charge in [0.1, 0.15) is 17.3 Å². The SMILES string of the molecule is COc1ccc(NC(=O)c2ccc(NCc3ccccc3)nn2)c(OC)c1. The molecule has 0 saturated heterocycles. The number of hydrogen-bond donors (Lipinski definition) is 2. The Hall–Kier alpha value is -3.61. The van der Waals surface area contributed by atoms with Crippen molar-refractivity contribution in [3.8, 4) is 11.5 Å². The van der Waals surface area contributed by atoms with Gasteiger partial charge in [0, 0.05) is 12.6 Å². The van der Waals surface area contributed by atoms with Crippen molar-refractivity contribution >= 4 is 17.4 Å². The number of methoxy groups -OCH3 is 2. The molecule has 0 saturated carbocycles. The zero-order chi connectivity index (χ0) is 19.1. The molecule has 1 amide bonds. The van der Waals surface area contributed by atoms with Crippen LogP contribution in [0.4, 0.5) is 11.5 Å². The minimum Gasteiger partial charge on any atom is -0.497 e. The normalized spacial score (nSPS) is 10.1. The highest BCUT2D eigenvalue weighted by atomic mass is 16.5. The van der Waals surface area contributed by atoms with Crippen LogP contribution in [0.2, 0.25) is 0 Å². The van der Waals surface area contributed by atoms with Crippen molar-refractivity contribution in [2.24, 2.45) is 0 Å². The van der Waals surface area contributed by atoms with E-state index < -0.39 is 0 Å². The number of nitrogens with one attached hydrogen (secondary N) is 2. The van der Waals surface area contributed by atoms with Crippen molar-refractivity contribution in [3.05, 3.63) is 71.9 Å². The van der Waals surface area contributed by atoms with Crippen molar-refractivity contribution in [3.63, 3.8) is 0 Å². The Morgan fingerprint density at radius 3 is 2.44 bits per heavy atom. The Kier molecular flexibility index (Phi) is 5.84. The predicted octanol–water partition coefficient (Wildman–Crippen LogP) is 3.36. The number of rotatable bonds is 7. The number of ether oxygens (including phenoxy) is 2. The maximum Gasteiger partial charge on any atom is 0.276 e. The molecule has 3 aromatic rings. The maximum atomic E-state index is 12.4. The quantitative estimate of drug-likeness (QED) is 0.669. The van der Waals surface area contributed by atoms with E-state index >= 15 is 0 Å². The lowest BCUT2D eigenvalue weighted by atomic mass is 10.2. The summed E-state index contributed by atoms with van der Waals surface area (Å²) in [5.41, 5.74) is 1.86. The van der Waals surface area contributed by atoms with Gasteiger partial charge in [0.25, 0.3) is 5.91 Å². The monoisotopic (exact) mass is 364 g/mol. The fourth-order valence-corrected chi connectivity index (χ4v) is 2.42. The van der Waals surface area contributed by atoms with E-state index in [0.717, 1.165) is 5.56 Å². The second-order valence-electron chi connectivity index (χ2n) is 5.66. The molecule has 0 aliphatic heterocycles. The first kappa shape index (κ1) is 18.2. The van der Waals surface area contributed by atoms with Crippen LogP contribution in [0.15, 0.2) is 60.7 Å². The molecule has 0 spiro atoms. The third-order valence-electron chi connectivity index (χ3n) is 3.87. The Balaban J connectivity index is 1.64. The summed E-state index contributed by atoms with van der Waals surface area (Å²) in [5.74, 6) is 1.35. The summed E-state index contributed by atoms with van der Waals surface area (Å²) in [6.07, 6.45) is 0. The molecule has 0 fully saturated rings. The van der Waals surface area contributed by atoms with Gasteiger partial charge in [0.15, 0.2) is 5.69 Å². The highest BCUT2D eigenvalue weighted by Gasteiger charge is 2.12. The standard InChI is InChI=1S/C20H20N4O3/c1-26-15-8-9-16(18(12-15)27-2)22-20(25)17-10-11-19(24-23-17)21-13-14-6-4-3-5-7-14/h3-12H,13H2,1-2H3,(H,21,24)(H,22,25). The summed E-state index contributed by atoms with van der Waals surface area (Å²) in [4.78, 5) is 12.4. The van der Waals surface area contributed by atoms with Crippen LogP contribution in [0.25, 0.3) is 0 Å². The molecule has 1 aromatic heterocycles. The van der Waals surface area contributed by atoms with Crippen LogP contribution in [0.1, 0.15) is 16.1 Å². The Labute approximate surface area is 157 Å². The van der Waals surface area contributed by atoms with Crippen molar-refractivity contribution in [1.29, 1.82) is 0 Å². The lowest BCUT2D eigenvalue weighted by Gasteiger charge is -2.11. The number of hydrogen-bond acceptors (Lipinski definition) is 6. The fraction of sp³-hybridized carbons (Fsp3) is 0.150. The van der Waals surface area contributed by atoms with E-state index in [9.17, 15) is 4.79 Å². The van der Waals surface area contributed by atoms with Crippen molar-refractivity contribution in [2.45, 2.75) is 6.54 Å². The Morgan fingerprint density at radius 2 is 1.78 bits per heavy atom. The van der Waals surface area contributed by atoms with E-state index in [2.05, 4.69) is 20.8 Å². The van der Waals surface area contributed by atoms with E-state index in [4.69, 9.17) is 9.47 Å². The molecule has 0 atom stereocenters. The molecule has 0 radical (unpaired) electrons. The average Bonchev–Trinajstić information content (AvgIpc) is 2.73. The summed E-state index contributed by atoms with van der Waals surface area (Å²) in [6.45, 7) is 0.629. The molecule has 7 heteroatoms. The van der Waals surface area contributed by atoms with Gasteiger partial charge >= 0.3 is 0 Å². The largest absolute Gasteiger partial charge is 0.497 e. The van der Waals surface area contributed by atoms with Gasteiger partial charge < -0.3 is 20.1 Å². The van der Waals surface area contributed by atoms with Gasteiger partial charge in [-0.05, 0) is 29.8 Å². The van der Waals surface area contributed by atoms with Gasteiger partial charge in [-0.2, -0.15) is 0 Å². The second-order valence-corrected chi connectivity index (χ2v) is 5.66. The Morgan fingerprint density at radius 1 is 0.963 bits per heavy atom. The number of benzene rings is 2. The first-order chi connectivity index (χ1) is 13.2. The van der Waals surface area contributed by atoms with Crippen LogP contribution in [-0.4, -0.2) is 30.3 Å². The molecule has 2 N–H and O–H groups in total. The fourth-order valence-electron chi connectivity index (χ4n) is 2.42. The number of carbonyl (C=O) groups is 1. The van der Waals surface area contributed by atoms with Crippen molar-refractivity contribution < 1.29 is 14.3 Å². The summed E-state index contributed by atoms with van der Waals surface area (Å²) in [7, 11) is 3.09. The van der Waals surface area contributed by atoms with Gasteiger partial charge in [0.2, 0.25) is 0 Å². The molecule has 0 bridgehead atoms. The molecular weight excluding hydrogens is 344 g/mol. The summed E-state index contributed by atoms with van der Waals surface area (Å²) < 4.78 is 10.4. The first-order valence-corrected chi connectivity index (χ1v) is 8.34. The van der Waals surface area contributed by atoms with Gasteiger partial charge in [0.05, 0.1) is 19.9 Å². The molecule has 0 unspecified atom stereocenters.